The molecule has 0 amide bonds. The lowest BCUT2D eigenvalue weighted by Crippen LogP contribution is -2.30. The first-order valence-electron chi connectivity index (χ1n) is 17.1. The fourth-order valence-corrected chi connectivity index (χ4v) is 6.99. The van der Waals surface area contributed by atoms with Crippen molar-refractivity contribution in [2.75, 3.05) is 4.90 Å². The van der Waals surface area contributed by atoms with Gasteiger partial charge < -0.3 is 9.73 Å². The summed E-state index contributed by atoms with van der Waals surface area (Å²) in [5.41, 5.74) is 13.7. The number of anilines is 2. The third kappa shape index (κ3) is 5.55. The fraction of sp³-hybridized carbons (Fsp3) is 0.0213. The molecular weight excluding hydrogens is 609 g/mol. The van der Waals surface area contributed by atoms with Crippen molar-refractivity contribution in [1.29, 1.82) is 0 Å². The highest BCUT2D eigenvalue weighted by Gasteiger charge is 2.24. The van der Waals surface area contributed by atoms with Crippen LogP contribution < -0.4 is 10.2 Å². The molecule has 9 rings (SSSR count). The lowest BCUT2D eigenvalue weighted by molar-refractivity contribution is 0.525. The third-order valence-corrected chi connectivity index (χ3v) is 9.56. The predicted molar refractivity (Wildman–Crippen MR) is 208 cm³/mol. The van der Waals surface area contributed by atoms with E-state index in [1.165, 1.54) is 33.4 Å². The molecule has 0 spiro atoms. The lowest BCUT2D eigenvalue weighted by atomic mass is 9.98. The van der Waals surface area contributed by atoms with Crippen molar-refractivity contribution in [3.63, 3.8) is 0 Å². The summed E-state index contributed by atoms with van der Waals surface area (Å²) < 4.78 is 6.25. The fourth-order valence-electron chi connectivity index (χ4n) is 6.99. The molecule has 2 heterocycles. The van der Waals surface area contributed by atoms with Crippen molar-refractivity contribution < 1.29 is 4.42 Å². The molecule has 0 fully saturated rings. The number of hydrogen-bond acceptors (Lipinski definition) is 3. The number of nitrogens with one attached hydrogen (secondary N) is 1. The second kappa shape index (κ2) is 12.8. The van der Waals surface area contributed by atoms with E-state index in [1.807, 2.05) is 12.1 Å². The molecule has 3 heteroatoms. The number of hydrogen-bond donors (Lipinski definition) is 1. The number of benzene rings is 7. The van der Waals surface area contributed by atoms with Gasteiger partial charge in [-0.25, -0.2) is 0 Å². The zero-order valence-electron chi connectivity index (χ0n) is 27.5. The maximum absolute atomic E-state index is 6.25. The molecule has 8 aromatic rings. The quantitative estimate of drug-likeness (QED) is 0.187. The Balaban J connectivity index is 1.13. The first kappa shape index (κ1) is 29.6. The summed E-state index contributed by atoms with van der Waals surface area (Å²) in [4.78, 5) is 2.34. The molecule has 0 unspecified atom stereocenters. The molecule has 1 aromatic heterocycles. The van der Waals surface area contributed by atoms with Gasteiger partial charge in [0.25, 0.3) is 0 Å². The lowest BCUT2D eigenvalue weighted by Gasteiger charge is -2.32. The largest absolute Gasteiger partial charge is 0.459 e. The molecule has 1 N–H and O–H groups in total. The van der Waals surface area contributed by atoms with Gasteiger partial charge >= 0.3 is 0 Å². The summed E-state index contributed by atoms with van der Waals surface area (Å²) in [5, 5.41) is 4.83. The molecule has 0 saturated heterocycles. The van der Waals surface area contributed by atoms with Crippen LogP contribution in [-0.4, -0.2) is 0 Å². The van der Waals surface area contributed by atoms with Crippen LogP contribution in [0.25, 0.3) is 61.6 Å². The maximum Gasteiger partial charge on any atom is 0.135 e. The highest BCUT2D eigenvalue weighted by Crippen LogP contribution is 2.41. The molecular formula is C47H34N2O. The van der Waals surface area contributed by atoms with Gasteiger partial charge in [0.1, 0.15) is 17.2 Å². The van der Waals surface area contributed by atoms with Crippen molar-refractivity contribution in [1.82, 2.24) is 5.32 Å². The van der Waals surface area contributed by atoms with Crippen LogP contribution in [0.1, 0.15) is 11.3 Å². The van der Waals surface area contributed by atoms with Crippen LogP contribution in [0.5, 0.6) is 0 Å². The molecule has 238 valence electrons. The van der Waals surface area contributed by atoms with E-state index in [1.54, 1.807) is 0 Å². The first-order valence-corrected chi connectivity index (χ1v) is 17.1. The minimum Gasteiger partial charge on any atom is -0.459 e. The average molecular weight is 643 g/mol. The predicted octanol–water partition coefficient (Wildman–Crippen LogP) is 12.3. The Hall–Kier alpha value is -6.58. The number of rotatable bonds is 7. The van der Waals surface area contributed by atoms with Gasteiger partial charge in [0.05, 0.1) is 12.2 Å². The van der Waals surface area contributed by atoms with Crippen molar-refractivity contribution >= 4 is 28.4 Å². The van der Waals surface area contributed by atoms with Gasteiger partial charge in [0.2, 0.25) is 0 Å². The molecule has 0 atom stereocenters. The van der Waals surface area contributed by atoms with Gasteiger partial charge in [-0.05, 0) is 69.3 Å². The summed E-state index contributed by atoms with van der Waals surface area (Å²) >= 11 is 0. The normalized spacial score (nSPS) is 12.2. The second-order valence-corrected chi connectivity index (χ2v) is 12.6. The van der Waals surface area contributed by atoms with E-state index in [4.69, 9.17) is 4.42 Å². The zero-order chi connectivity index (χ0) is 33.3. The summed E-state index contributed by atoms with van der Waals surface area (Å²) in [6, 6.07) is 64.6. The van der Waals surface area contributed by atoms with Crippen molar-refractivity contribution in [3.8, 4) is 44.5 Å². The van der Waals surface area contributed by atoms with Crippen LogP contribution >= 0.6 is 0 Å². The van der Waals surface area contributed by atoms with Crippen molar-refractivity contribution in [3.05, 3.63) is 199 Å². The monoisotopic (exact) mass is 642 g/mol. The Morgan fingerprint density at radius 2 is 0.920 bits per heavy atom. The van der Waals surface area contributed by atoms with Gasteiger partial charge in [-0.15, -0.1) is 0 Å². The Morgan fingerprint density at radius 3 is 1.54 bits per heavy atom. The SMILES string of the molecule is C1=C(N(c2ccc(-c3ccc(-c4ccccc4)cc3)cc2)c2ccccc2-c2ccc(-c3ccccc3)cc2)NCc2oc3ccccc3c21. The van der Waals surface area contributed by atoms with Gasteiger partial charge in [0, 0.05) is 22.2 Å². The molecule has 0 saturated carbocycles. The molecule has 3 nitrogen and oxygen atoms in total. The Kier molecular flexibility index (Phi) is 7.56. The van der Waals surface area contributed by atoms with E-state index in [-0.39, 0.29) is 0 Å². The maximum atomic E-state index is 6.25. The number of furan rings is 1. The highest BCUT2D eigenvalue weighted by molar-refractivity contribution is 5.92. The number of fused-ring (bicyclic) bond motifs is 3. The second-order valence-electron chi connectivity index (χ2n) is 12.6. The molecule has 0 bridgehead atoms. The summed E-state index contributed by atoms with van der Waals surface area (Å²) in [5.74, 6) is 1.95. The van der Waals surface area contributed by atoms with Crippen LogP contribution in [0.3, 0.4) is 0 Å². The van der Waals surface area contributed by atoms with E-state index in [0.717, 1.165) is 50.6 Å². The third-order valence-electron chi connectivity index (χ3n) is 9.56. The van der Waals surface area contributed by atoms with Crippen LogP contribution in [0.2, 0.25) is 0 Å². The van der Waals surface area contributed by atoms with E-state index in [0.29, 0.717) is 6.54 Å². The van der Waals surface area contributed by atoms with E-state index >= 15 is 0 Å². The Labute approximate surface area is 292 Å². The number of nitrogens with zero attached hydrogens (tertiary/aromatic N) is 1. The topological polar surface area (TPSA) is 28.4 Å². The van der Waals surface area contributed by atoms with Gasteiger partial charge in [-0.2, -0.15) is 0 Å². The van der Waals surface area contributed by atoms with Gasteiger partial charge in [-0.1, -0.05) is 158 Å². The molecule has 0 aliphatic carbocycles. The molecule has 1 aliphatic heterocycles. The molecule has 1 aliphatic rings. The highest BCUT2D eigenvalue weighted by atomic mass is 16.3. The molecule has 50 heavy (non-hydrogen) atoms. The zero-order valence-corrected chi connectivity index (χ0v) is 27.5. The van der Waals surface area contributed by atoms with E-state index in [2.05, 4.69) is 186 Å². The average Bonchev–Trinajstić information content (AvgIpc) is 3.57. The smallest absolute Gasteiger partial charge is 0.135 e. The Bertz CT molecular complexity index is 2440. The van der Waals surface area contributed by atoms with Crippen LogP contribution in [0, 0.1) is 0 Å². The summed E-state index contributed by atoms with van der Waals surface area (Å²) in [7, 11) is 0. The number of para-hydroxylation sites is 2. The summed E-state index contributed by atoms with van der Waals surface area (Å²) in [6.45, 7) is 0.603. The van der Waals surface area contributed by atoms with E-state index in [9.17, 15) is 0 Å². The van der Waals surface area contributed by atoms with Crippen LogP contribution in [0.4, 0.5) is 11.4 Å². The standard InChI is InChI=1S/C47H34N2O/c1-3-11-33(12-4-1)35-19-21-37(22-20-35)38-27-29-40(30-28-38)49(47-31-43-42-16-8-10-18-45(42)50-46(43)32-48-47)44-17-9-7-15-41(44)39-25-23-36(24-26-39)34-13-5-2-6-14-34/h1-31,48H,32H2. The Morgan fingerprint density at radius 1 is 0.440 bits per heavy atom. The first-order chi connectivity index (χ1) is 24.8. The van der Waals surface area contributed by atoms with Crippen molar-refractivity contribution in [2.24, 2.45) is 0 Å². The van der Waals surface area contributed by atoms with Crippen LogP contribution in [-0.2, 0) is 6.54 Å². The van der Waals surface area contributed by atoms with Gasteiger partial charge in [0.15, 0.2) is 0 Å². The van der Waals surface area contributed by atoms with Crippen molar-refractivity contribution in [2.45, 2.75) is 6.54 Å². The van der Waals surface area contributed by atoms with Gasteiger partial charge in [-0.3, -0.25) is 4.90 Å². The minimum atomic E-state index is 0.603. The van der Waals surface area contributed by atoms with Crippen LogP contribution in [0.15, 0.2) is 192 Å². The van der Waals surface area contributed by atoms with E-state index < -0.39 is 0 Å². The summed E-state index contributed by atoms with van der Waals surface area (Å²) in [6.07, 6.45) is 2.23. The molecule has 7 aromatic carbocycles. The molecule has 0 radical (unpaired) electrons. The minimum absolute atomic E-state index is 0.603.